The lowest BCUT2D eigenvalue weighted by Gasteiger charge is -2.19. The smallest absolute Gasteiger partial charge is 0.132 e. The average Bonchev–Trinajstić information content (AvgIpc) is 2.67. The summed E-state index contributed by atoms with van der Waals surface area (Å²) in [6.45, 7) is 1.64. The monoisotopic (exact) mass is 226 g/mol. The number of rotatable bonds is 2. The molecule has 1 aliphatic rings. The van der Waals surface area contributed by atoms with Gasteiger partial charge in [-0.15, -0.1) is 0 Å². The number of benzene rings is 1. The minimum atomic E-state index is -0.997. The molecule has 0 bridgehead atoms. The lowest BCUT2D eigenvalue weighted by Crippen LogP contribution is -2.13. The highest BCUT2D eigenvalue weighted by Crippen LogP contribution is 2.37. The molecule has 0 spiro atoms. The summed E-state index contributed by atoms with van der Waals surface area (Å²) in [5.41, 5.74) is 0.384. The number of aryl methyl sites for hydroxylation is 1. The number of hydrogen-bond acceptors (Lipinski definition) is 1. The van der Waals surface area contributed by atoms with E-state index >= 15 is 0 Å². The number of halogens is 2. The largest absolute Gasteiger partial charge is 0.388 e. The molecule has 1 aromatic carbocycles. The highest BCUT2D eigenvalue weighted by atomic mass is 19.1. The molecule has 0 radical (unpaired) electrons. The van der Waals surface area contributed by atoms with E-state index in [0.717, 1.165) is 25.7 Å². The van der Waals surface area contributed by atoms with Gasteiger partial charge in [0.1, 0.15) is 11.6 Å². The summed E-state index contributed by atoms with van der Waals surface area (Å²) in [6, 6.07) is 2.55. The minimum Gasteiger partial charge on any atom is -0.388 e. The quantitative estimate of drug-likeness (QED) is 0.818. The van der Waals surface area contributed by atoms with E-state index in [-0.39, 0.29) is 11.5 Å². The van der Waals surface area contributed by atoms with Crippen molar-refractivity contribution in [3.8, 4) is 0 Å². The van der Waals surface area contributed by atoms with E-state index in [0.29, 0.717) is 5.56 Å². The zero-order valence-electron chi connectivity index (χ0n) is 9.34. The fourth-order valence-electron chi connectivity index (χ4n) is 2.50. The highest BCUT2D eigenvalue weighted by molar-refractivity contribution is 5.27. The van der Waals surface area contributed by atoms with Crippen LogP contribution in [0.3, 0.4) is 0 Å². The first kappa shape index (κ1) is 11.5. The van der Waals surface area contributed by atoms with Gasteiger partial charge in [0.2, 0.25) is 0 Å². The SMILES string of the molecule is Cc1cc(F)c(C(O)C2CCCC2)c(F)c1. The molecule has 1 fully saturated rings. The first-order valence-corrected chi connectivity index (χ1v) is 5.73. The third-order valence-electron chi connectivity index (χ3n) is 3.37. The van der Waals surface area contributed by atoms with Crippen molar-refractivity contribution in [3.63, 3.8) is 0 Å². The molecule has 0 amide bonds. The molecule has 1 aromatic rings. The van der Waals surface area contributed by atoms with Gasteiger partial charge in [-0.3, -0.25) is 0 Å². The third-order valence-corrected chi connectivity index (χ3v) is 3.37. The lowest BCUT2D eigenvalue weighted by atomic mass is 9.93. The Labute approximate surface area is 94.1 Å². The maximum atomic E-state index is 13.6. The van der Waals surface area contributed by atoms with Gasteiger partial charge in [-0.2, -0.15) is 0 Å². The van der Waals surface area contributed by atoms with Crippen molar-refractivity contribution < 1.29 is 13.9 Å². The summed E-state index contributed by atoms with van der Waals surface area (Å²) >= 11 is 0. The van der Waals surface area contributed by atoms with Gasteiger partial charge < -0.3 is 5.11 Å². The van der Waals surface area contributed by atoms with E-state index in [2.05, 4.69) is 0 Å². The van der Waals surface area contributed by atoms with Gasteiger partial charge in [0, 0.05) is 0 Å². The zero-order chi connectivity index (χ0) is 11.7. The summed E-state index contributed by atoms with van der Waals surface area (Å²) in [6.07, 6.45) is 2.79. The fourth-order valence-corrected chi connectivity index (χ4v) is 2.50. The molecule has 1 unspecified atom stereocenters. The molecular weight excluding hydrogens is 210 g/mol. The van der Waals surface area contributed by atoms with Gasteiger partial charge >= 0.3 is 0 Å². The summed E-state index contributed by atoms with van der Waals surface area (Å²) in [5.74, 6) is -1.25. The number of aliphatic hydroxyl groups is 1. The van der Waals surface area contributed by atoms with Gasteiger partial charge in [0.05, 0.1) is 11.7 Å². The summed E-state index contributed by atoms with van der Waals surface area (Å²) in [7, 11) is 0. The van der Waals surface area contributed by atoms with Crippen molar-refractivity contribution in [2.75, 3.05) is 0 Å². The topological polar surface area (TPSA) is 20.2 Å². The van der Waals surface area contributed by atoms with Crippen LogP contribution in [0.4, 0.5) is 8.78 Å². The predicted molar refractivity (Wildman–Crippen MR) is 58.0 cm³/mol. The number of aliphatic hydroxyl groups excluding tert-OH is 1. The molecule has 1 atom stereocenters. The molecule has 0 aromatic heterocycles. The summed E-state index contributed by atoms with van der Waals surface area (Å²) < 4.78 is 27.2. The second kappa shape index (κ2) is 4.50. The van der Waals surface area contributed by atoms with Crippen LogP contribution in [0.25, 0.3) is 0 Å². The molecule has 0 heterocycles. The molecule has 1 aliphatic carbocycles. The van der Waals surface area contributed by atoms with E-state index in [4.69, 9.17) is 0 Å². The van der Waals surface area contributed by atoms with Crippen molar-refractivity contribution >= 4 is 0 Å². The predicted octanol–water partition coefficient (Wildman–Crippen LogP) is 3.50. The maximum absolute atomic E-state index is 13.6. The van der Waals surface area contributed by atoms with Crippen molar-refractivity contribution in [2.45, 2.75) is 38.7 Å². The molecule has 1 N–H and O–H groups in total. The van der Waals surface area contributed by atoms with Crippen LogP contribution in [-0.4, -0.2) is 5.11 Å². The van der Waals surface area contributed by atoms with Gasteiger partial charge in [0.25, 0.3) is 0 Å². The van der Waals surface area contributed by atoms with E-state index in [1.807, 2.05) is 0 Å². The van der Waals surface area contributed by atoms with Crippen LogP contribution in [0.5, 0.6) is 0 Å². The van der Waals surface area contributed by atoms with Crippen molar-refractivity contribution in [3.05, 3.63) is 34.9 Å². The molecule has 0 aliphatic heterocycles. The Morgan fingerprint density at radius 2 is 1.69 bits per heavy atom. The van der Waals surface area contributed by atoms with Crippen molar-refractivity contribution in [1.29, 1.82) is 0 Å². The van der Waals surface area contributed by atoms with Crippen LogP contribution in [0.15, 0.2) is 12.1 Å². The van der Waals surface area contributed by atoms with Gasteiger partial charge in [0.15, 0.2) is 0 Å². The number of hydrogen-bond donors (Lipinski definition) is 1. The maximum Gasteiger partial charge on any atom is 0.132 e. The zero-order valence-corrected chi connectivity index (χ0v) is 9.34. The molecule has 0 saturated heterocycles. The van der Waals surface area contributed by atoms with Crippen LogP contribution < -0.4 is 0 Å². The summed E-state index contributed by atoms with van der Waals surface area (Å²) in [4.78, 5) is 0. The standard InChI is InChI=1S/C13H16F2O/c1-8-6-10(14)12(11(15)7-8)13(16)9-4-2-3-5-9/h6-7,9,13,16H,2-5H2,1H3. The second-order valence-electron chi connectivity index (χ2n) is 4.63. The Bertz CT molecular complexity index is 361. The highest BCUT2D eigenvalue weighted by Gasteiger charge is 2.28. The van der Waals surface area contributed by atoms with E-state index in [1.165, 1.54) is 12.1 Å². The Kier molecular flexibility index (Phi) is 3.24. The van der Waals surface area contributed by atoms with Crippen molar-refractivity contribution in [1.82, 2.24) is 0 Å². The molecule has 3 heteroatoms. The van der Waals surface area contributed by atoms with Crippen LogP contribution in [0.1, 0.15) is 42.9 Å². The molecule has 88 valence electrons. The summed E-state index contributed by atoms with van der Waals surface area (Å²) in [5, 5.41) is 9.99. The molecule has 16 heavy (non-hydrogen) atoms. The molecule has 1 nitrogen and oxygen atoms in total. The van der Waals surface area contributed by atoms with E-state index < -0.39 is 17.7 Å². The molecular formula is C13H16F2O. The Morgan fingerprint density at radius 3 is 2.19 bits per heavy atom. The normalized spacial score (nSPS) is 19.0. The van der Waals surface area contributed by atoms with Crippen LogP contribution >= 0.6 is 0 Å². The van der Waals surface area contributed by atoms with E-state index in [1.54, 1.807) is 6.92 Å². The van der Waals surface area contributed by atoms with Crippen molar-refractivity contribution in [2.24, 2.45) is 5.92 Å². The molecule has 2 rings (SSSR count). The Morgan fingerprint density at radius 1 is 1.19 bits per heavy atom. The minimum absolute atomic E-state index is 0.00621. The van der Waals surface area contributed by atoms with E-state index in [9.17, 15) is 13.9 Å². The second-order valence-corrected chi connectivity index (χ2v) is 4.63. The lowest BCUT2D eigenvalue weighted by molar-refractivity contribution is 0.104. The molecule has 1 saturated carbocycles. The first-order chi connectivity index (χ1) is 7.59. The first-order valence-electron chi connectivity index (χ1n) is 5.73. The van der Waals surface area contributed by atoms with Gasteiger partial charge in [-0.1, -0.05) is 12.8 Å². The fraction of sp³-hybridized carbons (Fsp3) is 0.538. The Balaban J connectivity index is 2.31. The third kappa shape index (κ3) is 2.09. The average molecular weight is 226 g/mol. The van der Waals surface area contributed by atoms with Crippen LogP contribution in [-0.2, 0) is 0 Å². The van der Waals surface area contributed by atoms with Crippen LogP contribution in [0.2, 0.25) is 0 Å². The van der Waals surface area contributed by atoms with Crippen LogP contribution in [0, 0.1) is 24.5 Å². The van der Waals surface area contributed by atoms with Gasteiger partial charge in [-0.25, -0.2) is 8.78 Å². The Hall–Kier alpha value is -0.960. The van der Waals surface area contributed by atoms with Gasteiger partial charge in [-0.05, 0) is 43.4 Å².